The molecule has 1 amide bonds. The molecule has 0 aliphatic carbocycles. The van der Waals surface area contributed by atoms with Gasteiger partial charge in [-0.3, -0.25) is 14.9 Å². The number of nitrogens with one attached hydrogen (secondary N) is 1. The lowest BCUT2D eigenvalue weighted by atomic mass is 10.2. The molecule has 0 radical (unpaired) electrons. The molecule has 120 valence electrons. The van der Waals surface area contributed by atoms with Crippen molar-refractivity contribution in [1.82, 2.24) is 5.16 Å². The minimum Gasteiger partial charge on any atom is -0.450 e. The number of aromatic nitrogens is 1. The van der Waals surface area contributed by atoms with E-state index in [2.05, 4.69) is 15.0 Å². The van der Waals surface area contributed by atoms with Gasteiger partial charge in [-0.15, -0.1) is 0 Å². The Bertz CT molecular complexity index is 773. The monoisotopic (exact) mass is 339 g/mol. The fourth-order valence-electron chi connectivity index (χ4n) is 1.62. The molecule has 0 atom stereocenters. The summed E-state index contributed by atoms with van der Waals surface area (Å²) in [5.41, 5.74) is 0.0509. The van der Waals surface area contributed by atoms with Crippen molar-refractivity contribution < 1.29 is 23.8 Å². The Morgan fingerprint density at radius 3 is 2.78 bits per heavy atom. The van der Waals surface area contributed by atoms with Gasteiger partial charge in [0, 0.05) is 17.2 Å². The lowest BCUT2D eigenvalue weighted by Crippen LogP contribution is -2.21. The molecule has 1 aromatic heterocycles. The van der Waals surface area contributed by atoms with Gasteiger partial charge in [0.15, 0.2) is 6.61 Å². The Kier molecular flexibility index (Phi) is 4.91. The smallest absolute Gasteiger partial charge is 0.377 e. The van der Waals surface area contributed by atoms with Crippen LogP contribution in [-0.4, -0.2) is 28.6 Å². The maximum absolute atomic E-state index is 11.7. The van der Waals surface area contributed by atoms with Crippen LogP contribution in [0.4, 0.5) is 11.4 Å². The fourth-order valence-corrected chi connectivity index (χ4v) is 1.79. The van der Waals surface area contributed by atoms with Crippen molar-refractivity contribution in [2.75, 3.05) is 11.9 Å². The Hall–Kier alpha value is -2.94. The van der Waals surface area contributed by atoms with Gasteiger partial charge < -0.3 is 14.6 Å². The predicted octanol–water partition coefficient (Wildman–Crippen LogP) is 2.34. The van der Waals surface area contributed by atoms with Crippen molar-refractivity contribution in [3.05, 3.63) is 50.9 Å². The van der Waals surface area contributed by atoms with Crippen molar-refractivity contribution in [2.24, 2.45) is 0 Å². The van der Waals surface area contributed by atoms with E-state index in [9.17, 15) is 19.7 Å². The number of nitrogens with zero attached hydrogens (tertiary/aromatic N) is 2. The summed E-state index contributed by atoms with van der Waals surface area (Å²) in [5, 5.41) is 16.8. The van der Waals surface area contributed by atoms with Gasteiger partial charge in [-0.25, -0.2) is 4.79 Å². The number of carbonyl (C=O) groups excluding carboxylic acids is 2. The molecule has 0 unspecified atom stereocenters. The summed E-state index contributed by atoms with van der Waals surface area (Å²) >= 11 is 5.74. The molecule has 0 saturated heterocycles. The second kappa shape index (κ2) is 6.88. The summed E-state index contributed by atoms with van der Waals surface area (Å²) in [5.74, 6) is -1.79. The van der Waals surface area contributed by atoms with Crippen LogP contribution in [0.25, 0.3) is 0 Å². The Morgan fingerprint density at radius 2 is 2.17 bits per heavy atom. The van der Waals surface area contributed by atoms with E-state index in [0.29, 0.717) is 5.69 Å². The van der Waals surface area contributed by atoms with Crippen LogP contribution in [0.3, 0.4) is 0 Å². The molecule has 0 saturated carbocycles. The van der Waals surface area contributed by atoms with Gasteiger partial charge in [0.2, 0.25) is 5.76 Å². The molecule has 0 bridgehead atoms. The largest absolute Gasteiger partial charge is 0.450 e. The van der Waals surface area contributed by atoms with Crippen LogP contribution >= 0.6 is 11.6 Å². The van der Waals surface area contributed by atoms with E-state index in [1.807, 2.05) is 0 Å². The first-order valence-electron chi connectivity index (χ1n) is 6.21. The third-order valence-corrected chi connectivity index (χ3v) is 2.83. The van der Waals surface area contributed by atoms with E-state index in [0.717, 1.165) is 6.07 Å². The molecule has 1 heterocycles. The van der Waals surface area contributed by atoms with E-state index in [4.69, 9.17) is 16.3 Å². The van der Waals surface area contributed by atoms with Crippen molar-refractivity contribution in [2.45, 2.75) is 6.92 Å². The number of ether oxygens (including phenoxy) is 1. The number of nitro groups is 1. The summed E-state index contributed by atoms with van der Waals surface area (Å²) in [6, 6.07) is 5.05. The summed E-state index contributed by atoms with van der Waals surface area (Å²) < 4.78 is 9.40. The normalized spacial score (nSPS) is 10.2. The van der Waals surface area contributed by atoms with Crippen molar-refractivity contribution in [1.29, 1.82) is 0 Å². The third-order valence-electron chi connectivity index (χ3n) is 2.59. The lowest BCUT2D eigenvalue weighted by Gasteiger charge is -2.06. The molecule has 10 heteroatoms. The average Bonchev–Trinajstić information content (AvgIpc) is 2.91. The fraction of sp³-hybridized carbons (Fsp3) is 0.154. The number of aryl methyl sites for hydroxylation is 1. The Labute approximate surface area is 134 Å². The van der Waals surface area contributed by atoms with Crippen molar-refractivity contribution >= 4 is 34.9 Å². The number of hydrogen-bond donors (Lipinski definition) is 1. The second-order valence-electron chi connectivity index (χ2n) is 4.38. The maximum Gasteiger partial charge on any atom is 0.377 e. The number of nitro benzene ring substituents is 1. The molecule has 2 aromatic rings. The Balaban J connectivity index is 1.99. The number of halogens is 1. The number of anilines is 1. The SMILES string of the molecule is Cc1cc(C(=O)OCC(=O)Nc2cc(Cl)ccc2[N+](=O)[O-])on1. The van der Waals surface area contributed by atoms with Crippen LogP contribution in [0.15, 0.2) is 28.8 Å². The minimum absolute atomic E-state index is 0.0981. The molecule has 0 aliphatic heterocycles. The zero-order valence-corrected chi connectivity index (χ0v) is 12.5. The number of amides is 1. The van der Waals surface area contributed by atoms with Crippen LogP contribution in [0.2, 0.25) is 5.02 Å². The highest BCUT2D eigenvalue weighted by Crippen LogP contribution is 2.27. The number of carbonyl (C=O) groups is 2. The van der Waals surface area contributed by atoms with Gasteiger partial charge in [-0.1, -0.05) is 16.8 Å². The maximum atomic E-state index is 11.7. The average molecular weight is 340 g/mol. The molecule has 23 heavy (non-hydrogen) atoms. The molecule has 1 N–H and O–H groups in total. The minimum atomic E-state index is -0.874. The number of rotatable bonds is 5. The molecule has 0 spiro atoms. The summed E-state index contributed by atoms with van der Waals surface area (Å²) in [6.07, 6.45) is 0. The van der Waals surface area contributed by atoms with Crippen LogP contribution in [0.1, 0.15) is 16.2 Å². The van der Waals surface area contributed by atoms with Gasteiger partial charge in [0.05, 0.1) is 10.6 Å². The first-order valence-corrected chi connectivity index (χ1v) is 6.59. The Morgan fingerprint density at radius 1 is 1.43 bits per heavy atom. The van der Waals surface area contributed by atoms with E-state index < -0.39 is 23.4 Å². The zero-order chi connectivity index (χ0) is 17.0. The number of hydrogen-bond acceptors (Lipinski definition) is 7. The van der Waals surface area contributed by atoms with Gasteiger partial charge in [-0.05, 0) is 19.1 Å². The van der Waals surface area contributed by atoms with Gasteiger partial charge in [0.25, 0.3) is 11.6 Å². The van der Waals surface area contributed by atoms with E-state index >= 15 is 0 Å². The highest BCUT2D eigenvalue weighted by Gasteiger charge is 2.18. The number of esters is 1. The lowest BCUT2D eigenvalue weighted by molar-refractivity contribution is -0.383. The second-order valence-corrected chi connectivity index (χ2v) is 4.81. The van der Waals surface area contributed by atoms with Gasteiger partial charge >= 0.3 is 5.97 Å². The quantitative estimate of drug-likeness (QED) is 0.503. The molecular weight excluding hydrogens is 330 g/mol. The summed E-state index contributed by atoms with van der Waals surface area (Å²) in [7, 11) is 0. The third kappa shape index (κ3) is 4.27. The standard InChI is InChI=1S/C13H10ClN3O6/c1-7-4-11(23-16-7)13(19)22-6-12(18)15-9-5-8(14)2-3-10(9)17(20)21/h2-5H,6H2,1H3,(H,15,18). The molecule has 0 fully saturated rings. The van der Waals surface area contributed by atoms with Crippen molar-refractivity contribution in [3.63, 3.8) is 0 Å². The molecule has 1 aromatic carbocycles. The van der Waals surface area contributed by atoms with Crippen molar-refractivity contribution in [3.8, 4) is 0 Å². The van der Waals surface area contributed by atoms with Gasteiger partial charge in [0.1, 0.15) is 5.69 Å². The van der Waals surface area contributed by atoms with E-state index in [1.54, 1.807) is 6.92 Å². The first kappa shape index (κ1) is 16.4. The predicted molar refractivity (Wildman–Crippen MR) is 78.3 cm³/mol. The topological polar surface area (TPSA) is 125 Å². The highest BCUT2D eigenvalue weighted by atomic mass is 35.5. The summed E-state index contributed by atoms with van der Waals surface area (Å²) in [6.45, 7) is 0.966. The molecular formula is C13H10ClN3O6. The molecule has 9 nitrogen and oxygen atoms in total. The summed E-state index contributed by atoms with van der Waals surface area (Å²) in [4.78, 5) is 33.5. The molecule has 0 aliphatic rings. The van der Waals surface area contributed by atoms with E-state index in [1.165, 1.54) is 18.2 Å². The van der Waals surface area contributed by atoms with Gasteiger partial charge in [-0.2, -0.15) is 0 Å². The van der Waals surface area contributed by atoms with E-state index in [-0.39, 0.29) is 22.2 Å². The first-order chi connectivity index (χ1) is 10.9. The van der Waals surface area contributed by atoms with Crippen LogP contribution < -0.4 is 5.32 Å². The van der Waals surface area contributed by atoms with Crippen LogP contribution in [0.5, 0.6) is 0 Å². The van der Waals surface area contributed by atoms with Crippen LogP contribution in [-0.2, 0) is 9.53 Å². The molecule has 2 rings (SSSR count). The highest BCUT2D eigenvalue weighted by molar-refractivity contribution is 6.31. The number of benzene rings is 1. The zero-order valence-electron chi connectivity index (χ0n) is 11.7. The van der Waals surface area contributed by atoms with Crippen LogP contribution in [0, 0.1) is 17.0 Å².